The molecule has 1 atom stereocenters. The fourth-order valence-corrected chi connectivity index (χ4v) is 4.17. The molecule has 2 N–H and O–H groups in total. The summed E-state index contributed by atoms with van der Waals surface area (Å²) in [5, 5.41) is 20.9. The Hall–Kier alpha value is -3.83. The molecule has 0 bridgehead atoms. The molecule has 1 aliphatic heterocycles. The van der Waals surface area contributed by atoms with Gasteiger partial charge in [0.25, 0.3) is 5.69 Å². The first kappa shape index (κ1) is 21.4. The van der Waals surface area contributed by atoms with Crippen molar-refractivity contribution in [3.63, 3.8) is 0 Å². The monoisotopic (exact) mass is 451 g/mol. The molecule has 0 spiro atoms. The highest BCUT2D eigenvalue weighted by molar-refractivity contribution is 6.32. The van der Waals surface area contributed by atoms with Crippen molar-refractivity contribution >= 4 is 23.1 Å². The van der Waals surface area contributed by atoms with Crippen molar-refractivity contribution in [3.05, 3.63) is 91.5 Å². The Morgan fingerprint density at radius 2 is 2.09 bits per heavy atom. The lowest BCUT2D eigenvalue weighted by Crippen LogP contribution is -2.27. The molecule has 0 amide bonds. The first-order valence-electron chi connectivity index (χ1n) is 9.88. The number of ether oxygens (including phenoxy) is 2. The van der Waals surface area contributed by atoms with E-state index in [4.69, 9.17) is 26.8 Å². The van der Waals surface area contributed by atoms with Crippen molar-refractivity contribution in [1.29, 1.82) is 5.26 Å². The first-order chi connectivity index (χ1) is 15.4. The number of carbonyl (C=O) groups excluding carboxylic acids is 1. The summed E-state index contributed by atoms with van der Waals surface area (Å²) in [5.41, 5.74) is 7.80. The van der Waals surface area contributed by atoms with Crippen LogP contribution in [0.4, 0.5) is 5.69 Å². The normalized spacial score (nSPS) is 18.0. The van der Waals surface area contributed by atoms with E-state index in [0.717, 1.165) is 0 Å². The number of non-ortho nitro benzene ring substituents is 1. The molecule has 4 rings (SSSR count). The lowest BCUT2D eigenvalue weighted by atomic mass is 9.77. The quantitative estimate of drug-likeness (QED) is 0.517. The number of benzene rings is 2. The molecular formula is C23H18ClN3O5. The third kappa shape index (κ3) is 4.03. The first-order valence-corrected chi connectivity index (χ1v) is 10.3. The Labute approximate surface area is 188 Å². The van der Waals surface area contributed by atoms with Crippen LogP contribution in [0.15, 0.2) is 65.3 Å². The van der Waals surface area contributed by atoms with E-state index in [2.05, 4.69) is 6.07 Å². The molecule has 2 aromatic carbocycles. The number of halogens is 1. The molecule has 0 saturated carbocycles. The van der Waals surface area contributed by atoms with Gasteiger partial charge >= 0.3 is 0 Å². The molecule has 2 aromatic rings. The summed E-state index contributed by atoms with van der Waals surface area (Å²) in [4.78, 5) is 23.1. The van der Waals surface area contributed by atoms with Gasteiger partial charge in [-0.1, -0.05) is 29.8 Å². The van der Waals surface area contributed by atoms with E-state index in [-0.39, 0.29) is 34.6 Å². The Morgan fingerprint density at radius 3 is 2.81 bits per heavy atom. The molecule has 32 heavy (non-hydrogen) atoms. The van der Waals surface area contributed by atoms with Crippen LogP contribution in [0, 0.1) is 21.4 Å². The summed E-state index contributed by atoms with van der Waals surface area (Å²) in [6, 6.07) is 13.2. The maximum Gasteiger partial charge on any atom is 0.269 e. The zero-order valence-corrected chi connectivity index (χ0v) is 17.6. The zero-order chi connectivity index (χ0) is 22.8. The Balaban J connectivity index is 1.62. The van der Waals surface area contributed by atoms with Gasteiger partial charge in [0.2, 0.25) is 5.88 Å². The zero-order valence-electron chi connectivity index (χ0n) is 16.8. The second-order valence-electron chi connectivity index (χ2n) is 7.44. The average Bonchev–Trinajstić information content (AvgIpc) is 2.77. The van der Waals surface area contributed by atoms with Crippen molar-refractivity contribution in [2.24, 2.45) is 5.73 Å². The summed E-state index contributed by atoms with van der Waals surface area (Å²) in [6.45, 7) is 0.0854. The van der Waals surface area contributed by atoms with Crippen LogP contribution in [0.3, 0.4) is 0 Å². The maximum atomic E-state index is 12.7. The van der Waals surface area contributed by atoms with Gasteiger partial charge < -0.3 is 15.2 Å². The van der Waals surface area contributed by atoms with Gasteiger partial charge in [-0.25, -0.2) is 0 Å². The highest BCUT2D eigenvalue weighted by Crippen LogP contribution is 2.44. The predicted octanol–water partition coefficient (Wildman–Crippen LogP) is 4.64. The predicted molar refractivity (Wildman–Crippen MR) is 115 cm³/mol. The fourth-order valence-electron chi connectivity index (χ4n) is 3.92. The third-order valence-electron chi connectivity index (χ3n) is 5.41. The van der Waals surface area contributed by atoms with Gasteiger partial charge in [0, 0.05) is 30.5 Å². The minimum Gasteiger partial charge on any atom is -0.487 e. The SMILES string of the molecule is N#CC1=C(N)OC2=C(C(=O)CCC2)[C@@H]1c1ccc(OCc2cccc([N+](=O)[O-])c2)c(Cl)c1. The molecule has 2 aliphatic rings. The number of ketones is 1. The number of Topliss-reactive ketones (excluding diaryl/α,β-unsaturated/α-hetero) is 1. The lowest BCUT2D eigenvalue weighted by molar-refractivity contribution is -0.384. The van der Waals surface area contributed by atoms with E-state index in [1.807, 2.05) is 0 Å². The van der Waals surface area contributed by atoms with Gasteiger partial charge in [-0.05, 0) is 29.7 Å². The largest absolute Gasteiger partial charge is 0.487 e. The van der Waals surface area contributed by atoms with Crippen molar-refractivity contribution in [1.82, 2.24) is 0 Å². The van der Waals surface area contributed by atoms with Crippen LogP contribution in [0.1, 0.15) is 36.3 Å². The number of nitrogens with zero attached hydrogens (tertiary/aromatic N) is 2. The van der Waals surface area contributed by atoms with Crippen LogP contribution in [0.2, 0.25) is 5.02 Å². The van der Waals surface area contributed by atoms with Crippen LogP contribution in [-0.2, 0) is 16.1 Å². The Morgan fingerprint density at radius 1 is 1.28 bits per heavy atom. The van der Waals surface area contributed by atoms with Crippen molar-refractivity contribution in [2.45, 2.75) is 31.8 Å². The second kappa shape index (κ2) is 8.73. The van der Waals surface area contributed by atoms with Crippen LogP contribution in [0.25, 0.3) is 0 Å². The number of hydrogen-bond donors (Lipinski definition) is 1. The third-order valence-corrected chi connectivity index (χ3v) is 5.71. The summed E-state index contributed by atoms with van der Waals surface area (Å²) in [5.74, 6) is 0.144. The number of rotatable bonds is 5. The standard InChI is InChI=1S/C23H18ClN3O5/c24-17-10-14(7-8-19(17)31-12-13-3-1-4-15(9-13)27(29)30)21-16(11-25)23(26)32-20-6-2-5-18(28)22(20)21/h1,3-4,7-10,21H,2,5-6,12,26H2/t21-/m1/s1. The van der Waals surface area contributed by atoms with Crippen molar-refractivity contribution < 1.29 is 19.2 Å². The molecule has 1 aliphatic carbocycles. The van der Waals surface area contributed by atoms with Gasteiger partial charge in [0.05, 0.1) is 15.9 Å². The van der Waals surface area contributed by atoms with Crippen LogP contribution in [0.5, 0.6) is 5.75 Å². The van der Waals surface area contributed by atoms with Gasteiger partial charge in [-0.3, -0.25) is 14.9 Å². The Bertz CT molecular complexity index is 1230. The number of nitrogens with two attached hydrogens (primary N) is 1. The van der Waals surface area contributed by atoms with E-state index in [9.17, 15) is 20.2 Å². The summed E-state index contributed by atoms with van der Waals surface area (Å²) in [7, 11) is 0. The van der Waals surface area contributed by atoms with E-state index in [0.29, 0.717) is 47.5 Å². The Kier molecular flexibility index (Phi) is 5.84. The number of carbonyl (C=O) groups is 1. The van der Waals surface area contributed by atoms with Gasteiger partial charge in [-0.15, -0.1) is 0 Å². The van der Waals surface area contributed by atoms with Crippen LogP contribution >= 0.6 is 11.6 Å². The molecule has 0 unspecified atom stereocenters. The van der Waals surface area contributed by atoms with Crippen molar-refractivity contribution in [2.75, 3.05) is 0 Å². The van der Waals surface area contributed by atoms with Gasteiger partial charge in [0.15, 0.2) is 5.78 Å². The smallest absolute Gasteiger partial charge is 0.269 e. The van der Waals surface area contributed by atoms with Gasteiger partial charge in [-0.2, -0.15) is 5.26 Å². The molecule has 0 aromatic heterocycles. The average molecular weight is 452 g/mol. The molecule has 9 heteroatoms. The van der Waals surface area contributed by atoms with Crippen molar-refractivity contribution in [3.8, 4) is 11.8 Å². The fraction of sp³-hybridized carbons (Fsp3) is 0.217. The number of nitro benzene ring substituents is 1. The van der Waals surface area contributed by atoms with E-state index < -0.39 is 10.8 Å². The summed E-state index contributed by atoms with van der Waals surface area (Å²) < 4.78 is 11.3. The molecule has 8 nitrogen and oxygen atoms in total. The second-order valence-corrected chi connectivity index (χ2v) is 7.85. The number of nitriles is 1. The molecule has 0 saturated heterocycles. The lowest BCUT2D eigenvalue weighted by Gasteiger charge is -2.31. The molecule has 1 heterocycles. The molecule has 0 radical (unpaired) electrons. The molecule has 162 valence electrons. The van der Waals surface area contributed by atoms with Crippen LogP contribution in [-0.4, -0.2) is 10.7 Å². The molecular weight excluding hydrogens is 434 g/mol. The van der Waals surface area contributed by atoms with E-state index in [1.54, 1.807) is 30.3 Å². The highest BCUT2D eigenvalue weighted by atomic mass is 35.5. The van der Waals surface area contributed by atoms with Gasteiger partial charge in [0.1, 0.15) is 29.8 Å². The number of nitro groups is 1. The van der Waals surface area contributed by atoms with Crippen LogP contribution < -0.4 is 10.5 Å². The topological polar surface area (TPSA) is 128 Å². The minimum atomic E-state index is -0.653. The highest BCUT2D eigenvalue weighted by Gasteiger charge is 2.38. The van der Waals surface area contributed by atoms with E-state index in [1.165, 1.54) is 12.1 Å². The summed E-state index contributed by atoms with van der Waals surface area (Å²) in [6.07, 6.45) is 1.63. The van der Waals surface area contributed by atoms with E-state index >= 15 is 0 Å². The summed E-state index contributed by atoms with van der Waals surface area (Å²) >= 11 is 6.44. The maximum absolute atomic E-state index is 12.7. The minimum absolute atomic E-state index is 0.00642. The number of allylic oxidation sites excluding steroid dienone is 3. The number of hydrogen-bond acceptors (Lipinski definition) is 7. The molecule has 0 fully saturated rings.